The van der Waals surface area contributed by atoms with Crippen LogP contribution in [0.5, 0.6) is 0 Å². The monoisotopic (exact) mass is 503 g/mol. The molecule has 0 heterocycles. The summed E-state index contributed by atoms with van der Waals surface area (Å²) >= 11 is 0. The fourth-order valence-corrected chi connectivity index (χ4v) is 4.99. The summed E-state index contributed by atoms with van der Waals surface area (Å²) in [7, 11) is -3.39. The minimum absolute atomic E-state index is 0.0158. The third-order valence-electron chi connectivity index (χ3n) is 6.49. The average molecular weight is 504 g/mol. The quantitative estimate of drug-likeness (QED) is 0.424. The highest BCUT2D eigenvalue weighted by atomic mass is 32.2. The summed E-state index contributed by atoms with van der Waals surface area (Å²) in [5.41, 5.74) is 0.518. The first kappa shape index (κ1) is 26.8. The minimum Gasteiger partial charge on any atom is -0.461 e. The average Bonchev–Trinajstić information content (AvgIpc) is 2.86. The van der Waals surface area contributed by atoms with Gasteiger partial charge in [-0.15, -0.1) is 0 Å². The molecule has 35 heavy (non-hydrogen) atoms. The third kappa shape index (κ3) is 7.37. The maximum atomic E-state index is 13.0. The lowest BCUT2D eigenvalue weighted by molar-refractivity contribution is -0.158. The van der Waals surface area contributed by atoms with Gasteiger partial charge in [0, 0.05) is 6.26 Å². The largest absolute Gasteiger partial charge is 0.461 e. The van der Waals surface area contributed by atoms with Crippen molar-refractivity contribution < 1.29 is 33.0 Å². The second-order valence-corrected chi connectivity index (χ2v) is 11.3. The van der Waals surface area contributed by atoms with E-state index >= 15 is 0 Å². The van der Waals surface area contributed by atoms with Crippen molar-refractivity contribution in [2.24, 2.45) is 5.92 Å². The van der Waals surface area contributed by atoms with Gasteiger partial charge >= 0.3 is 5.97 Å². The summed E-state index contributed by atoms with van der Waals surface area (Å²) in [5, 5.41) is 23.6. The van der Waals surface area contributed by atoms with Crippen LogP contribution in [0.25, 0.3) is 0 Å². The molecule has 2 atom stereocenters. The molecule has 0 aliphatic heterocycles. The molecule has 0 spiro atoms. The Morgan fingerprint density at radius 2 is 1.63 bits per heavy atom. The molecule has 1 aliphatic carbocycles. The van der Waals surface area contributed by atoms with Gasteiger partial charge in [-0.1, -0.05) is 61.7 Å². The zero-order valence-corrected chi connectivity index (χ0v) is 20.7. The van der Waals surface area contributed by atoms with E-state index in [1.54, 1.807) is 24.3 Å². The van der Waals surface area contributed by atoms with Crippen LogP contribution in [0.3, 0.4) is 0 Å². The number of amides is 1. The first-order chi connectivity index (χ1) is 16.6. The van der Waals surface area contributed by atoms with E-state index in [9.17, 15) is 28.2 Å². The molecule has 0 aromatic heterocycles. The van der Waals surface area contributed by atoms with Crippen LogP contribution >= 0.6 is 0 Å². The van der Waals surface area contributed by atoms with Crippen molar-refractivity contribution in [2.75, 3.05) is 12.9 Å². The van der Waals surface area contributed by atoms with Gasteiger partial charge in [0.2, 0.25) is 5.91 Å². The zero-order chi connectivity index (χ0) is 25.5. The summed E-state index contributed by atoms with van der Waals surface area (Å²) in [6.07, 6.45) is 3.27. The van der Waals surface area contributed by atoms with E-state index in [1.807, 2.05) is 18.2 Å². The smallest absolute Gasteiger partial charge is 0.312 e. The lowest BCUT2D eigenvalue weighted by Gasteiger charge is -2.37. The number of benzene rings is 2. The molecular weight excluding hydrogens is 470 g/mol. The van der Waals surface area contributed by atoms with E-state index in [4.69, 9.17) is 4.74 Å². The third-order valence-corrected chi connectivity index (χ3v) is 7.61. The molecule has 3 rings (SSSR count). The van der Waals surface area contributed by atoms with E-state index in [0.717, 1.165) is 31.1 Å². The van der Waals surface area contributed by atoms with Gasteiger partial charge in [-0.25, -0.2) is 8.42 Å². The molecule has 9 heteroatoms. The summed E-state index contributed by atoms with van der Waals surface area (Å²) in [6, 6.07) is 15.0. The summed E-state index contributed by atoms with van der Waals surface area (Å²) in [5.74, 6) is -2.71. The fourth-order valence-electron chi connectivity index (χ4n) is 4.36. The molecule has 2 aromatic carbocycles. The number of aliphatic hydroxyl groups is 2. The van der Waals surface area contributed by atoms with Crippen molar-refractivity contribution in [1.82, 2.24) is 5.32 Å². The van der Waals surface area contributed by atoms with Gasteiger partial charge in [-0.3, -0.25) is 9.59 Å². The SMILES string of the molecule is CS(=O)(=O)c1ccc(C[C@@H](C(=O)OCc2ccccc2)[C@H](O)C(=O)NC2(CO)CCCCC2)cc1. The Kier molecular flexibility index (Phi) is 9.04. The van der Waals surface area contributed by atoms with Gasteiger partial charge in [0.15, 0.2) is 9.84 Å². The number of carbonyl (C=O) groups excluding carboxylic acids is 2. The molecule has 190 valence electrons. The molecular formula is C26H33NO7S. The maximum absolute atomic E-state index is 13.0. The van der Waals surface area contributed by atoms with Crippen LogP contribution in [0.1, 0.15) is 43.2 Å². The van der Waals surface area contributed by atoms with Gasteiger partial charge < -0.3 is 20.3 Å². The van der Waals surface area contributed by atoms with Crippen LogP contribution in [0, 0.1) is 5.92 Å². The molecule has 3 N–H and O–H groups in total. The maximum Gasteiger partial charge on any atom is 0.312 e. The van der Waals surface area contributed by atoms with Gasteiger partial charge in [-0.2, -0.15) is 0 Å². The Balaban J connectivity index is 1.78. The van der Waals surface area contributed by atoms with Gasteiger partial charge in [-0.05, 0) is 42.5 Å². The van der Waals surface area contributed by atoms with Crippen molar-refractivity contribution >= 4 is 21.7 Å². The number of hydrogen-bond donors (Lipinski definition) is 3. The molecule has 1 fully saturated rings. The number of esters is 1. The standard InChI is InChI=1S/C26H33NO7S/c1-35(32,33)21-12-10-19(11-13-21)16-22(25(31)34-17-20-8-4-2-5-9-20)23(29)24(30)27-26(18-28)14-6-3-7-15-26/h2,4-5,8-13,22-23,28-29H,3,6-7,14-18H2,1H3,(H,27,30)/t22-,23+/m1/s1. The number of carbonyl (C=O) groups is 2. The normalized spacial score (nSPS) is 17.2. The van der Waals surface area contributed by atoms with E-state index < -0.39 is 39.3 Å². The van der Waals surface area contributed by atoms with Crippen molar-refractivity contribution in [3.05, 3.63) is 65.7 Å². The van der Waals surface area contributed by atoms with Crippen LogP contribution < -0.4 is 5.32 Å². The van der Waals surface area contributed by atoms with Crippen molar-refractivity contribution in [2.45, 2.75) is 61.7 Å². The van der Waals surface area contributed by atoms with Crippen molar-refractivity contribution in [3.63, 3.8) is 0 Å². The molecule has 8 nitrogen and oxygen atoms in total. The fraction of sp³-hybridized carbons (Fsp3) is 0.462. The van der Waals surface area contributed by atoms with Gasteiger partial charge in [0.05, 0.1) is 23.0 Å². The number of ether oxygens (including phenoxy) is 1. The first-order valence-electron chi connectivity index (χ1n) is 11.7. The Morgan fingerprint density at radius 3 is 2.20 bits per heavy atom. The molecule has 0 unspecified atom stereocenters. The predicted molar refractivity (Wildman–Crippen MR) is 130 cm³/mol. The molecule has 0 radical (unpaired) electrons. The van der Waals surface area contributed by atoms with Crippen LogP contribution in [-0.2, 0) is 37.2 Å². The Hall–Kier alpha value is -2.75. The van der Waals surface area contributed by atoms with E-state index in [2.05, 4.69) is 5.32 Å². The molecule has 1 saturated carbocycles. The van der Waals surface area contributed by atoms with Crippen LogP contribution in [0.15, 0.2) is 59.5 Å². The van der Waals surface area contributed by atoms with Gasteiger partial charge in [0.25, 0.3) is 0 Å². The van der Waals surface area contributed by atoms with E-state index in [-0.39, 0.29) is 24.5 Å². The van der Waals surface area contributed by atoms with E-state index in [1.165, 1.54) is 12.1 Å². The minimum atomic E-state index is -3.39. The summed E-state index contributed by atoms with van der Waals surface area (Å²) in [6.45, 7) is -0.264. The highest BCUT2D eigenvalue weighted by molar-refractivity contribution is 7.90. The van der Waals surface area contributed by atoms with Crippen LogP contribution in [-0.4, -0.2) is 55.0 Å². The second kappa shape index (κ2) is 11.8. The Labute approximate surface area is 206 Å². The van der Waals surface area contributed by atoms with E-state index in [0.29, 0.717) is 18.4 Å². The van der Waals surface area contributed by atoms with Crippen molar-refractivity contribution in [3.8, 4) is 0 Å². The predicted octanol–water partition coefficient (Wildman–Crippen LogP) is 2.16. The Bertz CT molecular complexity index is 1090. The zero-order valence-electron chi connectivity index (χ0n) is 19.9. The number of hydrogen-bond acceptors (Lipinski definition) is 7. The summed E-state index contributed by atoms with van der Waals surface area (Å²) in [4.78, 5) is 26.2. The molecule has 0 bridgehead atoms. The number of nitrogens with one attached hydrogen (secondary N) is 1. The number of rotatable bonds is 10. The highest BCUT2D eigenvalue weighted by Crippen LogP contribution is 2.28. The van der Waals surface area contributed by atoms with Crippen molar-refractivity contribution in [1.29, 1.82) is 0 Å². The first-order valence-corrected chi connectivity index (χ1v) is 13.6. The van der Waals surface area contributed by atoms with Crippen LogP contribution in [0.4, 0.5) is 0 Å². The lowest BCUT2D eigenvalue weighted by Crippen LogP contribution is -2.57. The van der Waals surface area contributed by atoms with Crippen LogP contribution in [0.2, 0.25) is 0 Å². The molecule has 2 aromatic rings. The lowest BCUT2D eigenvalue weighted by atomic mass is 9.81. The number of aliphatic hydroxyl groups excluding tert-OH is 2. The topological polar surface area (TPSA) is 130 Å². The van der Waals surface area contributed by atoms with Gasteiger partial charge in [0.1, 0.15) is 12.7 Å². The molecule has 1 amide bonds. The Morgan fingerprint density at radius 1 is 1.00 bits per heavy atom. The number of sulfone groups is 1. The molecule has 0 saturated heterocycles. The summed E-state index contributed by atoms with van der Waals surface area (Å²) < 4.78 is 28.9. The second-order valence-electron chi connectivity index (χ2n) is 9.25. The molecule has 1 aliphatic rings. The highest BCUT2D eigenvalue weighted by Gasteiger charge is 2.39.